The van der Waals surface area contributed by atoms with Crippen molar-refractivity contribution in [3.63, 3.8) is 0 Å². The number of aryl methyl sites for hydroxylation is 1. The summed E-state index contributed by atoms with van der Waals surface area (Å²) in [5.74, 6) is -0.0619. The van der Waals surface area contributed by atoms with Crippen LogP contribution in [-0.4, -0.2) is 16.2 Å². The first-order valence-corrected chi connectivity index (χ1v) is 5.64. The molecule has 0 aliphatic rings. The Morgan fingerprint density at radius 1 is 1.33 bits per heavy atom. The van der Waals surface area contributed by atoms with Crippen LogP contribution in [0.15, 0.2) is 28.9 Å². The predicted molar refractivity (Wildman–Crippen MR) is 66.9 cm³/mol. The van der Waals surface area contributed by atoms with E-state index < -0.39 is 0 Å². The largest absolute Gasteiger partial charge is 0.379 e. The van der Waals surface area contributed by atoms with Crippen LogP contribution in [0.5, 0.6) is 0 Å². The number of carbonyl (C=O) groups excluding carboxylic acids is 1. The molecular weight excluding hydrogens is 232 g/mol. The molecule has 0 aliphatic heterocycles. The van der Waals surface area contributed by atoms with E-state index in [0.29, 0.717) is 5.69 Å². The fourth-order valence-corrected chi connectivity index (χ4v) is 1.52. The second-order valence-electron chi connectivity index (χ2n) is 3.87. The monoisotopic (exact) mass is 246 g/mol. The Hall–Kier alpha value is -2.37. The highest BCUT2D eigenvalue weighted by atomic mass is 16.6. The maximum Gasteiger partial charge on any atom is 0.230 e. The van der Waals surface area contributed by atoms with Gasteiger partial charge in [-0.15, -0.1) is 0 Å². The Morgan fingerprint density at radius 2 is 2.06 bits per heavy atom. The number of anilines is 2. The molecule has 2 rings (SSSR count). The normalized spacial score (nSPS) is 10.3. The van der Waals surface area contributed by atoms with Gasteiger partial charge in [0.05, 0.1) is 6.42 Å². The molecule has 1 aromatic heterocycles. The molecule has 2 aromatic rings. The first-order chi connectivity index (χ1) is 8.69. The van der Waals surface area contributed by atoms with E-state index in [1.807, 2.05) is 24.3 Å². The molecule has 0 spiro atoms. The zero-order valence-electron chi connectivity index (χ0n) is 10.0. The molecule has 0 radical (unpaired) electrons. The Kier molecular flexibility index (Phi) is 3.57. The van der Waals surface area contributed by atoms with Gasteiger partial charge in [-0.25, -0.2) is 4.63 Å². The van der Waals surface area contributed by atoms with Crippen LogP contribution in [0, 0.1) is 0 Å². The molecule has 0 unspecified atom stereocenters. The summed E-state index contributed by atoms with van der Waals surface area (Å²) in [7, 11) is 0. The maximum atomic E-state index is 11.7. The van der Waals surface area contributed by atoms with E-state index in [9.17, 15) is 4.79 Å². The number of nitrogen functional groups attached to an aromatic ring is 1. The van der Waals surface area contributed by atoms with Crippen LogP contribution < -0.4 is 11.1 Å². The number of hydrogen-bond donors (Lipinski definition) is 2. The average molecular weight is 246 g/mol. The van der Waals surface area contributed by atoms with Gasteiger partial charge in [0.25, 0.3) is 0 Å². The molecule has 6 heteroatoms. The van der Waals surface area contributed by atoms with Crippen LogP contribution in [-0.2, 0) is 17.6 Å². The Morgan fingerprint density at radius 3 is 2.61 bits per heavy atom. The van der Waals surface area contributed by atoms with Crippen molar-refractivity contribution in [2.24, 2.45) is 0 Å². The third-order valence-electron chi connectivity index (χ3n) is 2.56. The lowest BCUT2D eigenvalue weighted by Gasteiger charge is -2.04. The fraction of sp³-hybridized carbons (Fsp3) is 0.250. The summed E-state index contributed by atoms with van der Waals surface area (Å²) in [5.41, 5.74) is 7.78. The van der Waals surface area contributed by atoms with Crippen molar-refractivity contribution in [3.05, 3.63) is 35.5 Å². The molecule has 1 aromatic carbocycles. The molecular formula is C12H14N4O2. The van der Waals surface area contributed by atoms with Crippen LogP contribution in [0.3, 0.4) is 0 Å². The minimum atomic E-state index is -0.207. The second kappa shape index (κ2) is 5.31. The average Bonchev–Trinajstić information content (AvgIpc) is 2.76. The summed E-state index contributed by atoms with van der Waals surface area (Å²) in [4.78, 5) is 11.7. The molecule has 1 amide bonds. The van der Waals surface area contributed by atoms with Gasteiger partial charge in [0.2, 0.25) is 5.91 Å². The van der Waals surface area contributed by atoms with Crippen molar-refractivity contribution in [1.82, 2.24) is 10.3 Å². The van der Waals surface area contributed by atoms with E-state index in [0.717, 1.165) is 12.1 Å². The van der Waals surface area contributed by atoms with Crippen molar-refractivity contribution in [3.8, 4) is 0 Å². The zero-order valence-corrected chi connectivity index (χ0v) is 10.0. The summed E-state index contributed by atoms with van der Waals surface area (Å²) in [6.07, 6.45) is 1.01. The topological polar surface area (TPSA) is 94.0 Å². The zero-order chi connectivity index (χ0) is 13.0. The molecule has 3 N–H and O–H groups in total. The number of benzene rings is 1. The highest BCUT2D eigenvalue weighted by Gasteiger charge is 2.11. The number of carbonyl (C=O) groups is 1. The highest BCUT2D eigenvalue weighted by Crippen LogP contribution is 2.11. The van der Waals surface area contributed by atoms with E-state index in [4.69, 9.17) is 5.73 Å². The van der Waals surface area contributed by atoms with Gasteiger partial charge in [0.1, 0.15) is 5.69 Å². The summed E-state index contributed by atoms with van der Waals surface area (Å²) < 4.78 is 4.42. The molecule has 0 fully saturated rings. The Labute approximate surface area is 104 Å². The van der Waals surface area contributed by atoms with Gasteiger partial charge < -0.3 is 11.1 Å². The lowest BCUT2D eigenvalue weighted by molar-refractivity contribution is -0.115. The smallest absolute Gasteiger partial charge is 0.230 e. The maximum absolute atomic E-state index is 11.7. The number of hydrogen-bond acceptors (Lipinski definition) is 5. The third-order valence-corrected chi connectivity index (χ3v) is 2.56. The first kappa shape index (κ1) is 12.1. The van der Waals surface area contributed by atoms with E-state index in [-0.39, 0.29) is 18.1 Å². The number of nitrogens with one attached hydrogen (secondary N) is 1. The number of aromatic nitrogens is 2. The number of nitrogens with zero attached hydrogens (tertiary/aromatic N) is 2. The van der Waals surface area contributed by atoms with Gasteiger partial charge in [-0.1, -0.05) is 24.2 Å². The van der Waals surface area contributed by atoms with Crippen molar-refractivity contribution >= 4 is 17.4 Å². The van der Waals surface area contributed by atoms with Crippen LogP contribution in [0.1, 0.15) is 18.2 Å². The molecule has 18 heavy (non-hydrogen) atoms. The van der Waals surface area contributed by atoms with Gasteiger partial charge >= 0.3 is 0 Å². The molecule has 1 heterocycles. The predicted octanol–water partition coefficient (Wildman–Crippen LogP) is 1.40. The van der Waals surface area contributed by atoms with Gasteiger partial charge in [-0.2, -0.15) is 0 Å². The minimum absolute atomic E-state index is 0.0465. The molecule has 6 nitrogen and oxygen atoms in total. The molecule has 0 bridgehead atoms. The van der Waals surface area contributed by atoms with Crippen molar-refractivity contribution in [2.75, 3.05) is 11.1 Å². The molecule has 0 saturated carbocycles. The standard InChI is InChI=1S/C12H14N4O2/c1-2-8-3-5-9(6-4-8)14-11(17)7-10-12(13)16-18-15-10/h3-6H,2,7H2,1H3,(H2,13,16)(H,14,17). The first-order valence-electron chi connectivity index (χ1n) is 5.64. The Balaban J connectivity index is 1.96. The quantitative estimate of drug-likeness (QED) is 0.850. The third kappa shape index (κ3) is 2.85. The molecule has 94 valence electrons. The van der Waals surface area contributed by atoms with Gasteiger partial charge in [-0.3, -0.25) is 4.79 Å². The van der Waals surface area contributed by atoms with Crippen molar-refractivity contribution in [1.29, 1.82) is 0 Å². The van der Waals surface area contributed by atoms with Crippen LogP contribution in [0.2, 0.25) is 0 Å². The molecule has 0 aliphatic carbocycles. The lowest BCUT2D eigenvalue weighted by atomic mass is 10.1. The second-order valence-corrected chi connectivity index (χ2v) is 3.87. The number of rotatable bonds is 4. The van der Waals surface area contributed by atoms with E-state index >= 15 is 0 Å². The SMILES string of the molecule is CCc1ccc(NC(=O)Cc2nonc2N)cc1. The van der Waals surface area contributed by atoms with Crippen LogP contribution in [0.25, 0.3) is 0 Å². The van der Waals surface area contributed by atoms with Gasteiger partial charge in [-0.05, 0) is 29.3 Å². The minimum Gasteiger partial charge on any atom is -0.379 e. The van der Waals surface area contributed by atoms with Gasteiger partial charge in [0, 0.05) is 5.69 Å². The summed E-state index contributed by atoms with van der Waals surface area (Å²) in [5, 5.41) is 9.72. The van der Waals surface area contributed by atoms with Crippen molar-refractivity contribution < 1.29 is 9.42 Å². The van der Waals surface area contributed by atoms with Crippen molar-refractivity contribution in [2.45, 2.75) is 19.8 Å². The Bertz CT molecular complexity index is 533. The van der Waals surface area contributed by atoms with Gasteiger partial charge in [0.15, 0.2) is 5.82 Å². The summed E-state index contributed by atoms with van der Waals surface area (Å²) >= 11 is 0. The molecule has 0 atom stereocenters. The highest BCUT2D eigenvalue weighted by molar-refractivity contribution is 5.92. The number of nitrogens with two attached hydrogens (primary N) is 1. The van der Waals surface area contributed by atoms with Crippen LogP contribution >= 0.6 is 0 Å². The van der Waals surface area contributed by atoms with E-state index in [2.05, 4.69) is 27.2 Å². The lowest BCUT2D eigenvalue weighted by Crippen LogP contribution is -2.15. The summed E-state index contributed by atoms with van der Waals surface area (Å²) in [6.45, 7) is 2.08. The fourth-order valence-electron chi connectivity index (χ4n) is 1.52. The molecule has 0 saturated heterocycles. The van der Waals surface area contributed by atoms with E-state index in [1.54, 1.807) is 0 Å². The van der Waals surface area contributed by atoms with E-state index in [1.165, 1.54) is 5.56 Å². The van der Waals surface area contributed by atoms with Crippen LogP contribution in [0.4, 0.5) is 11.5 Å². The summed E-state index contributed by atoms with van der Waals surface area (Å²) in [6, 6.07) is 7.67. The number of amides is 1.